The number of carbonyl (C=O) groups excluding carboxylic acids is 2. The molecule has 7 nitrogen and oxygen atoms in total. The van der Waals surface area contributed by atoms with E-state index in [0.717, 1.165) is 59.0 Å². The van der Waals surface area contributed by atoms with Gasteiger partial charge in [0, 0.05) is 58.3 Å². The van der Waals surface area contributed by atoms with E-state index in [9.17, 15) is 9.59 Å². The molecule has 0 bridgehead atoms. The minimum atomic E-state index is 0.111. The van der Waals surface area contributed by atoms with Crippen LogP contribution in [0.15, 0.2) is 0 Å². The van der Waals surface area contributed by atoms with Gasteiger partial charge in [-0.2, -0.15) is 0 Å². The number of hydrogen-bond donors (Lipinski definition) is 1. The van der Waals surface area contributed by atoms with Crippen molar-refractivity contribution in [2.24, 2.45) is 0 Å². The molecular formula is C19H34N4O3. The molecule has 148 valence electrons. The fourth-order valence-corrected chi connectivity index (χ4v) is 4.60. The number of ether oxygens (including phenoxy) is 1. The fraction of sp³-hybridized carbons (Fsp3) is 0.895. The second-order valence-electron chi connectivity index (χ2n) is 7.94. The Bertz CT molecular complexity index is 479. The maximum absolute atomic E-state index is 12.5. The number of carbonyl (C=O) groups is 2. The summed E-state index contributed by atoms with van der Waals surface area (Å²) >= 11 is 0. The molecule has 0 atom stereocenters. The molecule has 2 heterocycles. The first-order valence-electron chi connectivity index (χ1n) is 10.2. The van der Waals surface area contributed by atoms with Gasteiger partial charge >= 0.3 is 0 Å². The van der Waals surface area contributed by atoms with Crippen molar-refractivity contribution in [1.29, 1.82) is 0 Å². The van der Waals surface area contributed by atoms with Crippen LogP contribution in [-0.4, -0.2) is 97.6 Å². The van der Waals surface area contributed by atoms with Gasteiger partial charge in [0.15, 0.2) is 0 Å². The molecule has 0 radical (unpaired) electrons. The summed E-state index contributed by atoms with van der Waals surface area (Å²) in [7, 11) is 0. The topological polar surface area (TPSA) is 65.1 Å². The predicted octanol–water partition coefficient (Wildman–Crippen LogP) is 0.302. The maximum Gasteiger partial charge on any atom is 0.234 e. The van der Waals surface area contributed by atoms with Crippen LogP contribution in [0.3, 0.4) is 0 Å². The molecule has 1 N–H and O–H groups in total. The van der Waals surface area contributed by atoms with Crippen molar-refractivity contribution < 1.29 is 14.3 Å². The number of morpholine rings is 1. The first-order chi connectivity index (χ1) is 12.6. The van der Waals surface area contributed by atoms with E-state index < -0.39 is 0 Å². The van der Waals surface area contributed by atoms with Crippen molar-refractivity contribution in [3.63, 3.8) is 0 Å². The van der Waals surface area contributed by atoms with Crippen LogP contribution >= 0.6 is 0 Å². The van der Waals surface area contributed by atoms with Gasteiger partial charge in [-0.25, -0.2) is 0 Å². The molecule has 26 heavy (non-hydrogen) atoms. The molecule has 2 aliphatic heterocycles. The molecule has 1 saturated carbocycles. The van der Waals surface area contributed by atoms with Crippen LogP contribution in [0.1, 0.15) is 39.0 Å². The minimum Gasteiger partial charge on any atom is -0.379 e. The summed E-state index contributed by atoms with van der Waals surface area (Å²) in [5.41, 5.74) is 0.116. The minimum absolute atomic E-state index is 0.111. The Morgan fingerprint density at radius 1 is 0.962 bits per heavy atom. The second kappa shape index (κ2) is 9.15. The van der Waals surface area contributed by atoms with Crippen molar-refractivity contribution >= 4 is 11.8 Å². The van der Waals surface area contributed by atoms with Crippen LogP contribution in [0.5, 0.6) is 0 Å². The lowest BCUT2D eigenvalue weighted by atomic mass is 9.79. The van der Waals surface area contributed by atoms with Crippen molar-refractivity contribution in [1.82, 2.24) is 20.0 Å². The molecule has 2 saturated heterocycles. The molecule has 3 aliphatic rings. The Morgan fingerprint density at radius 2 is 1.62 bits per heavy atom. The molecule has 7 heteroatoms. The summed E-state index contributed by atoms with van der Waals surface area (Å²) in [6.45, 7) is 9.35. The lowest BCUT2D eigenvalue weighted by molar-refractivity contribution is -0.131. The van der Waals surface area contributed by atoms with Gasteiger partial charge in [-0.3, -0.25) is 19.4 Å². The fourth-order valence-electron chi connectivity index (χ4n) is 4.60. The molecule has 0 aromatic rings. The van der Waals surface area contributed by atoms with Crippen molar-refractivity contribution in [2.45, 2.75) is 44.6 Å². The molecule has 3 rings (SSSR count). The summed E-state index contributed by atoms with van der Waals surface area (Å²) in [5.74, 6) is 0.235. The van der Waals surface area contributed by atoms with Gasteiger partial charge in [0.25, 0.3) is 0 Å². The summed E-state index contributed by atoms with van der Waals surface area (Å²) in [6, 6.07) is 0. The largest absolute Gasteiger partial charge is 0.379 e. The average Bonchev–Trinajstić information content (AvgIpc) is 2.68. The molecular weight excluding hydrogens is 332 g/mol. The first kappa shape index (κ1) is 19.6. The van der Waals surface area contributed by atoms with Crippen molar-refractivity contribution in [2.75, 3.05) is 65.6 Å². The molecule has 0 aromatic carbocycles. The highest BCUT2D eigenvalue weighted by molar-refractivity contribution is 5.78. The highest BCUT2D eigenvalue weighted by Gasteiger charge is 2.38. The molecule has 0 aromatic heterocycles. The number of nitrogens with zero attached hydrogens (tertiary/aromatic N) is 3. The van der Waals surface area contributed by atoms with Gasteiger partial charge in [-0.1, -0.05) is 19.3 Å². The second-order valence-corrected chi connectivity index (χ2v) is 7.94. The average molecular weight is 367 g/mol. The van der Waals surface area contributed by atoms with Crippen LogP contribution in [-0.2, 0) is 14.3 Å². The number of nitrogens with one attached hydrogen (secondary N) is 1. The number of amides is 2. The zero-order valence-corrected chi connectivity index (χ0v) is 16.2. The van der Waals surface area contributed by atoms with Gasteiger partial charge in [-0.05, 0) is 12.8 Å². The SMILES string of the molecule is CC(=O)N1CCN(CC(=O)NCC2(N3CCOCC3)CCCCC2)CC1. The quantitative estimate of drug-likeness (QED) is 0.758. The van der Waals surface area contributed by atoms with Crippen molar-refractivity contribution in [3.05, 3.63) is 0 Å². The Labute approximate surface area is 157 Å². The maximum atomic E-state index is 12.5. The van der Waals surface area contributed by atoms with Crippen LogP contribution in [0, 0.1) is 0 Å². The van der Waals surface area contributed by atoms with Crippen molar-refractivity contribution in [3.8, 4) is 0 Å². The van der Waals surface area contributed by atoms with E-state index in [0.29, 0.717) is 6.54 Å². The number of piperazine rings is 1. The molecule has 2 amide bonds. The van der Waals surface area contributed by atoms with Gasteiger partial charge in [0.2, 0.25) is 11.8 Å². The van der Waals surface area contributed by atoms with Gasteiger partial charge in [0.1, 0.15) is 0 Å². The summed E-state index contributed by atoms with van der Waals surface area (Å²) in [4.78, 5) is 30.5. The highest BCUT2D eigenvalue weighted by Crippen LogP contribution is 2.33. The standard InChI is InChI=1S/C19H34N4O3/c1-17(24)22-9-7-21(8-10-22)15-18(25)20-16-19(5-3-2-4-6-19)23-11-13-26-14-12-23/h2-16H2,1H3,(H,20,25). The Morgan fingerprint density at radius 3 is 2.23 bits per heavy atom. The number of rotatable bonds is 5. The molecule has 3 fully saturated rings. The zero-order valence-electron chi connectivity index (χ0n) is 16.2. The Kier molecular flexibility index (Phi) is 6.89. The van der Waals surface area contributed by atoms with Gasteiger partial charge in [-0.15, -0.1) is 0 Å². The van der Waals surface area contributed by atoms with E-state index in [4.69, 9.17) is 4.74 Å². The van der Waals surface area contributed by atoms with Gasteiger partial charge in [0.05, 0.1) is 19.8 Å². The summed E-state index contributed by atoms with van der Waals surface area (Å²) < 4.78 is 5.52. The van der Waals surface area contributed by atoms with E-state index in [1.807, 2.05) is 4.90 Å². The summed E-state index contributed by atoms with van der Waals surface area (Å²) in [5, 5.41) is 3.23. The predicted molar refractivity (Wildman–Crippen MR) is 99.9 cm³/mol. The van der Waals surface area contributed by atoms with E-state index >= 15 is 0 Å². The Hall–Kier alpha value is -1.18. The lowest BCUT2D eigenvalue weighted by Crippen LogP contribution is -2.60. The van der Waals surface area contributed by atoms with Crippen LogP contribution in [0.2, 0.25) is 0 Å². The molecule has 0 spiro atoms. The molecule has 1 aliphatic carbocycles. The third-order valence-electron chi connectivity index (χ3n) is 6.27. The number of hydrogen-bond acceptors (Lipinski definition) is 5. The van der Waals surface area contributed by atoms with Crippen LogP contribution in [0.4, 0.5) is 0 Å². The first-order valence-corrected chi connectivity index (χ1v) is 10.2. The third kappa shape index (κ3) is 4.96. The monoisotopic (exact) mass is 366 g/mol. The van der Waals surface area contributed by atoms with Crippen LogP contribution < -0.4 is 5.32 Å². The smallest absolute Gasteiger partial charge is 0.234 e. The lowest BCUT2D eigenvalue weighted by Gasteiger charge is -2.48. The highest BCUT2D eigenvalue weighted by atomic mass is 16.5. The van der Waals surface area contributed by atoms with E-state index in [1.165, 1.54) is 32.1 Å². The van der Waals surface area contributed by atoms with Crippen LogP contribution in [0.25, 0.3) is 0 Å². The zero-order chi connectivity index (χ0) is 18.4. The third-order valence-corrected chi connectivity index (χ3v) is 6.27. The normalized spacial score (nSPS) is 25.0. The van der Waals surface area contributed by atoms with E-state index in [1.54, 1.807) is 6.92 Å². The van der Waals surface area contributed by atoms with E-state index in [2.05, 4.69) is 15.1 Å². The van der Waals surface area contributed by atoms with Gasteiger partial charge < -0.3 is 15.0 Å². The van der Waals surface area contributed by atoms with E-state index in [-0.39, 0.29) is 17.4 Å². The Balaban J connectivity index is 1.47. The molecule has 0 unspecified atom stereocenters. The summed E-state index contributed by atoms with van der Waals surface area (Å²) in [6.07, 6.45) is 6.15.